The van der Waals surface area contributed by atoms with E-state index in [0.29, 0.717) is 19.3 Å². The van der Waals surface area contributed by atoms with Crippen LogP contribution in [0.4, 0.5) is 0 Å². The fourth-order valence-corrected chi connectivity index (χ4v) is 4.11. The summed E-state index contributed by atoms with van der Waals surface area (Å²) in [5, 5.41) is 3.69. The van der Waals surface area contributed by atoms with Gasteiger partial charge in [-0.1, -0.05) is 50.3 Å². The van der Waals surface area contributed by atoms with Gasteiger partial charge in [-0.15, -0.1) is 0 Å². The largest absolute Gasteiger partial charge is 0.490 e. The Morgan fingerprint density at radius 3 is 2.69 bits per heavy atom. The molecule has 1 N–H and O–H groups in total. The van der Waals surface area contributed by atoms with Crippen molar-refractivity contribution in [2.75, 3.05) is 13.2 Å². The monoisotopic (exact) mass is 361 g/mol. The Bertz CT molecular complexity index is 554. The Kier molecular flexibility index (Phi) is 6.96. The van der Waals surface area contributed by atoms with Crippen LogP contribution in [-0.2, 0) is 16.0 Å². The van der Waals surface area contributed by atoms with Crippen molar-refractivity contribution in [3.63, 3.8) is 0 Å². The Hall–Kier alpha value is -1.10. The van der Waals surface area contributed by atoms with E-state index >= 15 is 0 Å². The molecule has 146 valence electrons. The van der Waals surface area contributed by atoms with Crippen LogP contribution in [0.25, 0.3) is 0 Å². The fraction of sp³-hybridized carbons (Fsp3) is 0.727. The van der Waals surface area contributed by atoms with E-state index in [0.717, 1.165) is 18.2 Å². The number of nitrogens with one attached hydrogen (secondary N) is 1. The first-order chi connectivity index (χ1) is 12.5. The third-order valence-electron chi connectivity index (χ3n) is 5.52. The number of ether oxygens (including phenoxy) is 3. The molecular weight excluding hydrogens is 326 g/mol. The zero-order chi connectivity index (χ0) is 18.4. The summed E-state index contributed by atoms with van der Waals surface area (Å²) < 4.78 is 17.5. The van der Waals surface area contributed by atoms with Crippen LogP contribution < -0.4 is 10.1 Å². The molecule has 0 amide bonds. The van der Waals surface area contributed by atoms with Crippen LogP contribution in [0, 0.1) is 5.92 Å². The molecule has 2 atom stereocenters. The lowest BCUT2D eigenvalue weighted by atomic mass is 9.85. The molecule has 1 saturated heterocycles. The van der Waals surface area contributed by atoms with E-state index in [-0.39, 0.29) is 6.10 Å². The first-order valence-corrected chi connectivity index (χ1v) is 10.3. The van der Waals surface area contributed by atoms with E-state index in [1.165, 1.54) is 44.1 Å². The van der Waals surface area contributed by atoms with Crippen LogP contribution in [0.5, 0.6) is 5.75 Å². The van der Waals surface area contributed by atoms with Crippen LogP contribution in [0.15, 0.2) is 24.3 Å². The van der Waals surface area contributed by atoms with Crippen LogP contribution in [-0.4, -0.2) is 31.1 Å². The van der Waals surface area contributed by atoms with Crippen molar-refractivity contribution in [2.24, 2.45) is 5.92 Å². The van der Waals surface area contributed by atoms with E-state index < -0.39 is 5.79 Å². The molecule has 1 aliphatic carbocycles. The lowest BCUT2D eigenvalue weighted by Crippen LogP contribution is -2.29. The minimum absolute atomic E-state index is 0.00348. The lowest BCUT2D eigenvalue weighted by molar-refractivity contribution is -0.141. The second-order valence-corrected chi connectivity index (χ2v) is 8.39. The van der Waals surface area contributed by atoms with Gasteiger partial charge in [-0.3, -0.25) is 0 Å². The van der Waals surface area contributed by atoms with Crippen molar-refractivity contribution in [3.05, 3.63) is 29.8 Å². The molecule has 1 aromatic carbocycles. The molecule has 0 aromatic heterocycles. The summed E-state index contributed by atoms with van der Waals surface area (Å²) in [6, 6.07) is 8.84. The average molecular weight is 362 g/mol. The summed E-state index contributed by atoms with van der Waals surface area (Å²) in [5.74, 6) is 1.35. The first-order valence-electron chi connectivity index (χ1n) is 10.3. The SMILES string of the molecule is C[C@@H](CC1CCCCC1)NCc1ccccc1OC[C@@H]1COC(C)(C)O1. The molecule has 1 heterocycles. The van der Waals surface area contributed by atoms with Crippen LogP contribution in [0.2, 0.25) is 0 Å². The highest BCUT2D eigenvalue weighted by Crippen LogP contribution is 2.28. The number of para-hydroxylation sites is 1. The third kappa shape index (κ3) is 5.97. The molecule has 26 heavy (non-hydrogen) atoms. The summed E-state index contributed by atoms with van der Waals surface area (Å²) in [4.78, 5) is 0. The summed E-state index contributed by atoms with van der Waals surface area (Å²) in [7, 11) is 0. The summed E-state index contributed by atoms with van der Waals surface area (Å²) in [6.07, 6.45) is 8.35. The predicted molar refractivity (Wildman–Crippen MR) is 104 cm³/mol. The molecule has 1 aromatic rings. The molecule has 1 aliphatic heterocycles. The van der Waals surface area contributed by atoms with E-state index in [1.54, 1.807) is 0 Å². The van der Waals surface area contributed by atoms with Crippen molar-refractivity contribution in [2.45, 2.75) is 83.8 Å². The lowest BCUT2D eigenvalue weighted by Gasteiger charge is -2.25. The second kappa shape index (κ2) is 9.20. The third-order valence-corrected chi connectivity index (χ3v) is 5.52. The maximum atomic E-state index is 6.05. The zero-order valence-electron chi connectivity index (χ0n) is 16.6. The smallest absolute Gasteiger partial charge is 0.163 e. The van der Waals surface area contributed by atoms with Crippen LogP contribution in [0.1, 0.15) is 64.9 Å². The van der Waals surface area contributed by atoms with Crippen molar-refractivity contribution in [1.29, 1.82) is 0 Å². The minimum Gasteiger partial charge on any atom is -0.490 e. The zero-order valence-corrected chi connectivity index (χ0v) is 16.6. The summed E-state index contributed by atoms with van der Waals surface area (Å²) in [6.45, 7) is 8.16. The molecule has 0 unspecified atom stereocenters. The number of hydrogen-bond acceptors (Lipinski definition) is 4. The minimum atomic E-state index is -0.496. The first kappa shape index (κ1) is 19.7. The topological polar surface area (TPSA) is 39.7 Å². The van der Waals surface area contributed by atoms with Crippen molar-refractivity contribution in [3.8, 4) is 5.75 Å². The fourth-order valence-electron chi connectivity index (χ4n) is 4.11. The van der Waals surface area contributed by atoms with Gasteiger partial charge in [0.15, 0.2) is 5.79 Å². The van der Waals surface area contributed by atoms with Crippen LogP contribution >= 0.6 is 0 Å². The van der Waals surface area contributed by atoms with Crippen LogP contribution in [0.3, 0.4) is 0 Å². The van der Waals surface area contributed by atoms with E-state index in [9.17, 15) is 0 Å². The maximum Gasteiger partial charge on any atom is 0.163 e. The molecule has 4 nitrogen and oxygen atoms in total. The van der Waals surface area contributed by atoms with Crippen molar-refractivity contribution < 1.29 is 14.2 Å². The molecule has 0 bridgehead atoms. The standard InChI is InChI=1S/C22H35NO3/c1-17(13-18-9-5-4-6-10-18)23-14-19-11-7-8-12-21(19)24-15-20-16-25-22(2,3)26-20/h7-8,11-12,17-18,20,23H,4-6,9-10,13-16H2,1-3H3/t17-,20+/m0/s1. The summed E-state index contributed by atoms with van der Waals surface area (Å²) >= 11 is 0. The molecular formula is C22H35NO3. The van der Waals surface area contributed by atoms with Crippen molar-refractivity contribution in [1.82, 2.24) is 5.32 Å². The average Bonchev–Trinajstić information content (AvgIpc) is 2.98. The van der Waals surface area contributed by atoms with Gasteiger partial charge in [-0.25, -0.2) is 0 Å². The highest BCUT2D eigenvalue weighted by atomic mass is 16.7. The van der Waals surface area contributed by atoms with Gasteiger partial charge in [-0.2, -0.15) is 0 Å². The molecule has 0 radical (unpaired) electrons. The van der Waals surface area contributed by atoms with Gasteiger partial charge >= 0.3 is 0 Å². The molecule has 3 rings (SSSR count). The highest BCUT2D eigenvalue weighted by Gasteiger charge is 2.33. The second-order valence-electron chi connectivity index (χ2n) is 8.39. The van der Waals surface area contributed by atoms with Gasteiger partial charge in [0, 0.05) is 18.2 Å². The number of benzene rings is 1. The summed E-state index contributed by atoms with van der Waals surface area (Å²) in [5.41, 5.74) is 1.21. The Morgan fingerprint density at radius 1 is 1.19 bits per heavy atom. The Labute approximate surface area is 158 Å². The number of hydrogen-bond donors (Lipinski definition) is 1. The molecule has 2 aliphatic rings. The van der Waals surface area contributed by atoms with Gasteiger partial charge in [-0.05, 0) is 39.2 Å². The van der Waals surface area contributed by atoms with E-state index in [2.05, 4.69) is 24.4 Å². The highest BCUT2D eigenvalue weighted by molar-refractivity contribution is 5.33. The van der Waals surface area contributed by atoms with Gasteiger partial charge in [0.2, 0.25) is 0 Å². The van der Waals surface area contributed by atoms with E-state index in [1.807, 2.05) is 26.0 Å². The Morgan fingerprint density at radius 2 is 1.96 bits per heavy atom. The predicted octanol–water partition coefficient (Wildman–Crippen LogP) is 4.67. The van der Waals surface area contributed by atoms with Gasteiger partial charge in [0.25, 0.3) is 0 Å². The molecule has 2 fully saturated rings. The van der Waals surface area contributed by atoms with Crippen molar-refractivity contribution >= 4 is 0 Å². The normalized spacial score (nSPS) is 24.5. The molecule has 4 heteroatoms. The van der Waals surface area contributed by atoms with Gasteiger partial charge in [0.05, 0.1) is 6.61 Å². The molecule has 1 saturated carbocycles. The molecule has 0 spiro atoms. The maximum absolute atomic E-state index is 6.05. The van der Waals surface area contributed by atoms with Gasteiger partial charge < -0.3 is 19.5 Å². The number of rotatable bonds is 8. The quantitative estimate of drug-likeness (QED) is 0.731. The Balaban J connectivity index is 1.46. The van der Waals surface area contributed by atoms with Gasteiger partial charge in [0.1, 0.15) is 18.5 Å². The van der Waals surface area contributed by atoms with E-state index in [4.69, 9.17) is 14.2 Å².